The van der Waals surface area contributed by atoms with E-state index >= 15 is 0 Å². The van der Waals surface area contributed by atoms with Crippen LogP contribution in [-0.2, 0) is 0 Å². The van der Waals surface area contributed by atoms with Gasteiger partial charge in [0.2, 0.25) is 0 Å². The maximum Gasteiger partial charge on any atom is 0.387 e. The predicted molar refractivity (Wildman–Crippen MR) is 81.0 cm³/mol. The predicted octanol–water partition coefficient (Wildman–Crippen LogP) is 3.59. The Morgan fingerprint density at radius 1 is 1.35 bits per heavy atom. The standard InChI is InChI=1S/C13H14F2IN3O/c1-7-11(16)12(17)19(18-7)8(2)9-5-3-4-6-10(9)20-13(14)15/h3-6,8,13H,17H2,1-2H3. The monoisotopic (exact) mass is 393 g/mol. The quantitative estimate of drug-likeness (QED) is 0.808. The second-order valence-corrected chi connectivity index (χ2v) is 5.40. The number of alkyl halides is 2. The van der Waals surface area contributed by atoms with Crippen LogP contribution in [0.1, 0.15) is 24.2 Å². The normalized spacial score (nSPS) is 12.7. The molecule has 2 aromatic rings. The number of nitrogens with zero attached hydrogens (tertiary/aromatic N) is 2. The molecule has 1 unspecified atom stereocenters. The minimum atomic E-state index is -2.86. The number of halogens is 3. The molecule has 0 amide bonds. The number of hydrogen-bond acceptors (Lipinski definition) is 3. The molecule has 1 aromatic heterocycles. The number of rotatable bonds is 4. The fourth-order valence-electron chi connectivity index (χ4n) is 2.00. The van der Waals surface area contributed by atoms with E-state index in [1.165, 1.54) is 6.07 Å². The number of ether oxygens (including phenoxy) is 1. The first-order valence-electron chi connectivity index (χ1n) is 5.95. The molecule has 7 heteroatoms. The average Bonchev–Trinajstić information content (AvgIpc) is 2.66. The minimum absolute atomic E-state index is 0.137. The smallest absolute Gasteiger partial charge is 0.387 e. The van der Waals surface area contributed by atoms with Gasteiger partial charge in [0, 0.05) is 5.56 Å². The minimum Gasteiger partial charge on any atom is -0.434 e. The van der Waals surface area contributed by atoms with Crippen molar-refractivity contribution in [2.75, 3.05) is 5.73 Å². The molecule has 0 spiro atoms. The fourth-order valence-corrected chi connectivity index (χ4v) is 2.36. The van der Waals surface area contributed by atoms with Gasteiger partial charge in [0.15, 0.2) is 0 Å². The highest BCUT2D eigenvalue weighted by atomic mass is 127. The molecule has 0 aliphatic heterocycles. The van der Waals surface area contributed by atoms with Crippen LogP contribution in [0.4, 0.5) is 14.6 Å². The van der Waals surface area contributed by atoms with Crippen LogP contribution in [0, 0.1) is 10.5 Å². The lowest BCUT2D eigenvalue weighted by atomic mass is 10.1. The number of para-hydroxylation sites is 1. The maximum absolute atomic E-state index is 12.4. The van der Waals surface area contributed by atoms with Crippen LogP contribution in [0.2, 0.25) is 0 Å². The Hall–Kier alpha value is -1.38. The lowest BCUT2D eigenvalue weighted by molar-refractivity contribution is -0.0506. The van der Waals surface area contributed by atoms with E-state index in [-0.39, 0.29) is 11.8 Å². The van der Waals surface area contributed by atoms with E-state index in [9.17, 15) is 8.78 Å². The van der Waals surface area contributed by atoms with E-state index in [4.69, 9.17) is 5.73 Å². The lowest BCUT2D eigenvalue weighted by Crippen LogP contribution is -2.14. The lowest BCUT2D eigenvalue weighted by Gasteiger charge is -2.18. The van der Waals surface area contributed by atoms with Gasteiger partial charge >= 0.3 is 6.61 Å². The molecule has 1 atom stereocenters. The summed E-state index contributed by atoms with van der Waals surface area (Å²) in [7, 11) is 0. The van der Waals surface area contributed by atoms with Gasteiger partial charge in [-0.15, -0.1) is 0 Å². The first kappa shape index (κ1) is 15.0. The molecule has 0 saturated heterocycles. The molecule has 1 heterocycles. The number of benzene rings is 1. The van der Waals surface area contributed by atoms with E-state index in [1.807, 2.05) is 13.8 Å². The number of nitrogen functional groups attached to an aromatic ring is 1. The maximum atomic E-state index is 12.4. The van der Waals surface area contributed by atoms with Crippen LogP contribution in [-0.4, -0.2) is 16.4 Å². The largest absolute Gasteiger partial charge is 0.434 e. The van der Waals surface area contributed by atoms with E-state index < -0.39 is 6.61 Å². The van der Waals surface area contributed by atoms with Gasteiger partial charge in [0.05, 0.1) is 15.3 Å². The third-order valence-electron chi connectivity index (χ3n) is 3.00. The molecule has 0 bridgehead atoms. The number of nitrogens with two attached hydrogens (primary N) is 1. The average molecular weight is 393 g/mol. The highest BCUT2D eigenvalue weighted by Gasteiger charge is 2.20. The van der Waals surface area contributed by atoms with Crippen LogP contribution in [0.5, 0.6) is 5.75 Å². The van der Waals surface area contributed by atoms with Crippen molar-refractivity contribution in [2.45, 2.75) is 26.5 Å². The molecule has 20 heavy (non-hydrogen) atoms. The Morgan fingerprint density at radius 2 is 2.00 bits per heavy atom. The van der Waals surface area contributed by atoms with Crippen LogP contribution >= 0.6 is 22.6 Å². The van der Waals surface area contributed by atoms with E-state index in [0.29, 0.717) is 11.4 Å². The van der Waals surface area contributed by atoms with Gasteiger partial charge in [-0.1, -0.05) is 18.2 Å². The van der Waals surface area contributed by atoms with E-state index in [0.717, 1.165) is 9.26 Å². The SMILES string of the molecule is Cc1nn(C(C)c2ccccc2OC(F)F)c(N)c1I. The second kappa shape index (κ2) is 5.94. The Labute approximate surface area is 129 Å². The van der Waals surface area contributed by atoms with Crippen molar-refractivity contribution in [1.82, 2.24) is 9.78 Å². The molecule has 0 aliphatic carbocycles. The van der Waals surface area contributed by atoms with Crippen molar-refractivity contribution < 1.29 is 13.5 Å². The zero-order valence-electron chi connectivity index (χ0n) is 11.0. The molecule has 2 N–H and O–H groups in total. The Morgan fingerprint density at radius 3 is 2.55 bits per heavy atom. The first-order chi connectivity index (χ1) is 9.41. The zero-order valence-corrected chi connectivity index (χ0v) is 13.1. The summed E-state index contributed by atoms with van der Waals surface area (Å²) in [6.07, 6.45) is 0. The molecule has 0 saturated carbocycles. The topological polar surface area (TPSA) is 53.1 Å². The van der Waals surface area contributed by atoms with Crippen molar-refractivity contribution in [3.05, 3.63) is 39.1 Å². The number of aryl methyl sites for hydroxylation is 1. The van der Waals surface area contributed by atoms with Crippen molar-refractivity contribution in [2.24, 2.45) is 0 Å². The van der Waals surface area contributed by atoms with Crippen LogP contribution in [0.3, 0.4) is 0 Å². The molecule has 108 valence electrons. The Bertz CT molecular complexity index is 616. The summed E-state index contributed by atoms with van der Waals surface area (Å²) < 4.78 is 31.9. The van der Waals surface area contributed by atoms with Gasteiger partial charge < -0.3 is 10.5 Å². The van der Waals surface area contributed by atoms with Gasteiger partial charge in [-0.2, -0.15) is 13.9 Å². The van der Waals surface area contributed by atoms with Gasteiger partial charge in [0.1, 0.15) is 11.6 Å². The molecule has 1 aromatic carbocycles. The summed E-state index contributed by atoms with van der Waals surface area (Å²) in [5.41, 5.74) is 7.41. The van der Waals surface area contributed by atoms with Gasteiger partial charge in [0.25, 0.3) is 0 Å². The molecular weight excluding hydrogens is 379 g/mol. The summed E-state index contributed by atoms with van der Waals surface area (Å²) >= 11 is 2.11. The van der Waals surface area contributed by atoms with Crippen LogP contribution < -0.4 is 10.5 Å². The highest BCUT2D eigenvalue weighted by molar-refractivity contribution is 14.1. The Kier molecular flexibility index (Phi) is 4.46. The molecule has 4 nitrogen and oxygen atoms in total. The van der Waals surface area contributed by atoms with Gasteiger partial charge in [-0.3, -0.25) is 0 Å². The summed E-state index contributed by atoms with van der Waals surface area (Å²) in [6.45, 7) is 0.829. The van der Waals surface area contributed by atoms with Gasteiger partial charge in [-0.05, 0) is 42.5 Å². The third kappa shape index (κ3) is 2.87. The molecule has 2 rings (SSSR count). The van der Waals surface area contributed by atoms with Crippen LogP contribution in [0.15, 0.2) is 24.3 Å². The van der Waals surface area contributed by atoms with Crippen molar-refractivity contribution in [3.63, 3.8) is 0 Å². The molecule has 0 radical (unpaired) electrons. The van der Waals surface area contributed by atoms with Crippen LogP contribution in [0.25, 0.3) is 0 Å². The number of hydrogen-bond donors (Lipinski definition) is 1. The number of aromatic nitrogens is 2. The molecular formula is C13H14F2IN3O. The Balaban J connectivity index is 2.42. The van der Waals surface area contributed by atoms with E-state index in [1.54, 1.807) is 22.9 Å². The summed E-state index contributed by atoms with van der Waals surface area (Å²) in [5, 5.41) is 4.35. The molecule has 0 aliphatic rings. The first-order valence-corrected chi connectivity index (χ1v) is 7.03. The summed E-state index contributed by atoms with van der Waals surface area (Å²) in [6, 6.07) is 6.35. The van der Waals surface area contributed by atoms with Crippen molar-refractivity contribution >= 4 is 28.4 Å². The highest BCUT2D eigenvalue weighted by Crippen LogP contribution is 2.31. The van der Waals surface area contributed by atoms with Crippen molar-refractivity contribution in [1.29, 1.82) is 0 Å². The third-order valence-corrected chi connectivity index (χ3v) is 4.33. The zero-order chi connectivity index (χ0) is 14.9. The summed E-state index contributed by atoms with van der Waals surface area (Å²) in [4.78, 5) is 0. The van der Waals surface area contributed by atoms with E-state index in [2.05, 4.69) is 32.4 Å². The summed E-state index contributed by atoms with van der Waals surface area (Å²) in [5.74, 6) is 0.653. The van der Waals surface area contributed by atoms with Gasteiger partial charge in [-0.25, -0.2) is 4.68 Å². The second-order valence-electron chi connectivity index (χ2n) is 4.32. The fraction of sp³-hybridized carbons (Fsp3) is 0.308. The van der Waals surface area contributed by atoms with Crippen molar-refractivity contribution in [3.8, 4) is 5.75 Å². The number of anilines is 1. The molecule has 0 fully saturated rings.